The molecular weight excluding hydrogens is 386 g/mol. The van der Waals surface area contributed by atoms with Crippen LogP contribution < -0.4 is 10.2 Å². The maximum atomic E-state index is 12.5. The number of amides is 2. The Morgan fingerprint density at radius 1 is 0.710 bits per heavy atom. The standard InChI is InChI=1S/C26H27N3O2/c30-25(29-19-17-28(18-20-29)24-9-5-2-6-10-24)15-16-27-26(31)23-13-11-22(12-14-23)21-7-3-1-4-8-21/h1-14H,15-20H2,(H,27,31). The van der Waals surface area contributed by atoms with Crippen LogP contribution >= 0.6 is 0 Å². The number of piperazine rings is 1. The molecule has 3 aromatic rings. The largest absolute Gasteiger partial charge is 0.368 e. The van der Waals surface area contributed by atoms with Crippen molar-refractivity contribution in [2.24, 2.45) is 0 Å². The minimum absolute atomic E-state index is 0.0902. The van der Waals surface area contributed by atoms with Gasteiger partial charge in [-0.2, -0.15) is 0 Å². The molecule has 0 atom stereocenters. The lowest BCUT2D eigenvalue weighted by Crippen LogP contribution is -2.49. The van der Waals surface area contributed by atoms with E-state index in [0.717, 1.165) is 24.2 Å². The molecule has 0 unspecified atom stereocenters. The molecule has 4 rings (SSSR count). The van der Waals surface area contributed by atoms with Crippen LogP contribution in [0.5, 0.6) is 0 Å². The third-order valence-electron chi connectivity index (χ3n) is 5.63. The monoisotopic (exact) mass is 413 g/mol. The maximum Gasteiger partial charge on any atom is 0.251 e. The Balaban J connectivity index is 1.21. The summed E-state index contributed by atoms with van der Waals surface area (Å²) in [5.74, 6) is -0.0613. The molecule has 1 aliphatic heterocycles. The van der Waals surface area contributed by atoms with Crippen molar-refractivity contribution >= 4 is 17.5 Å². The van der Waals surface area contributed by atoms with Gasteiger partial charge in [-0.3, -0.25) is 9.59 Å². The summed E-state index contributed by atoms with van der Waals surface area (Å²) in [4.78, 5) is 29.1. The fraction of sp³-hybridized carbons (Fsp3) is 0.231. The number of hydrogen-bond acceptors (Lipinski definition) is 3. The molecular formula is C26H27N3O2. The number of nitrogens with one attached hydrogen (secondary N) is 1. The first kappa shape index (κ1) is 20.7. The lowest BCUT2D eigenvalue weighted by molar-refractivity contribution is -0.131. The Morgan fingerprint density at radius 3 is 1.94 bits per heavy atom. The number of rotatable bonds is 6. The smallest absolute Gasteiger partial charge is 0.251 e. The maximum absolute atomic E-state index is 12.5. The molecule has 158 valence electrons. The van der Waals surface area contributed by atoms with Crippen molar-refractivity contribution in [1.29, 1.82) is 0 Å². The zero-order valence-corrected chi connectivity index (χ0v) is 17.5. The number of anilines is 1. The van der Waals surface area contributed by atoms with Crippen LogP contribution in [0.25, 0.3) is 11.1 Å². The molecule has 0 aliphatic carbocycles. The zero-order chi connectivity index (χ0) is 21.5. The minimum Gasteiger partial charge on any atom is -0.368 e. The predicted molar refractivity (Wildman–Crippen MR) is 124 cm³/mol. The third-order valence-corrected chi connectivity index (χ3v) is 5.63. The van der Waals surface area contributed by atoms with Gasteiger partial charge in [0.25, 0.3) is 5.91 Å². The van der Waals surface area contributed by atoms with Gasteiger partial charge in [0.15, 0.2) is 0 Å². The molecule has 1 fully saturated rings. The fourth-order valence-corrected chi connectivity index (χ4v) is 3.84. The first-order chi connectivity index (χ1) is 15.2. The summed E-state index contributed by atoms with van der Waals surface area (Å²) < 4.78 is 0. The van der Waals surface area contributed by atoms with Gasteiger partial charge in [0.05, 0.1) is 0 Å². The Kier molecular flexibility index (Phi) is 6.62. The highest BCUT2D eigenvalue weighted by molar-refractivity contribution is 5.95. The van der Waals surface area contributed by atoms with E-state index in [1.165, 1.54) is 5.69 Å². The molecule has 1 heterocycles. The lowest BCUT2D eigenvalue weighted by atomic mass is 10.0. The van der Waals surface area contributed by atoms with Gasteiger partial charge >= 0.3 is 0 Å². The SMILES string of the molecule is O=C(NCCC(=O)N1CCN(c2ccccc2)CC1)c1ccc(-c2ccccc2)cc1. The van der Waals surface area contributed by atoms with Crippen LogP contribution in [-0.2, 0) is 4.79 Å². The first-order valence-electron chi connectivity index (χ1n) is 10.7. The number of nitrogens with zero attached hydrogens (tertiary/aromatic N) is 2. The van der Waals surface area contributed by atoms with Crippen LogP contribution in [0.15, 0.2) is 84.9 Å². The normalized spacial score (nSPS) is 13.7. The van der Waals surface area contributed by atoms with Gasteiger partial charge in [-0.25, -0.2) is 0 Å². The van der Waals surface area contributed by atoms with Crippen molar-refractivity contribution in [3.8, 4) is 11.1 Å². The topological polar surface area (TPSA) is 52.7 Å². The predicted octanol–water partition coefficient (Wildman–Crippen LogP) is 3.82. The van der Waals surface area contributed by atoms with Gasteiger partial charge < -0.3 is 15.1 Å². The van der Waals surface area contributed by atoms with E-state index in [1.807, 2.05) is 77.7 Å². The summed E-state index contributed by atoms with van der Waals surface area (Å²) in [6, 6.07) is 27.9. The van der Waals surface area contributed by atoms with Crippen LogP contribution in [0, 0.1) is 0 Å². The summed E-state index contributed by atoms with van der Waals surface area (Å²) in [5.41, 5.74) is 3.98. The second kappa shape index (κ2) is 9.94. The molecule has 0 aromatic heterocycles. The number of carbonyl (C=O) groups is 2. The summed E-state index contributed by atoms with van der Waals surface area (Å²) >= 11 is 0. The zero-order valence-electron chi connectivity index (χ0n) is 17.5. The number of hydrogen-bond donors (Lipinski definition) is 1. The summed E-state index contributed by atoms with van der Waals surface area (Å²) in [6.45, 7) is 3.42. The molecule has 1 aliphatic rings. The van der Waals surface area contributed by atoms with Crippen molar-refractivity contribution < 1.29 is 9.59 Å². The van der Waals surface area contributed by atoms with Crippen LogP contribution in [-0.4, -0.2) is 49.4 Å². The van der Waals surface area contributed by atoms with Gasteiger partial charge in [0, 0.05) is 50.4 Å². The van der Waals surface area contributed by atoms with Gasteiger partial charge in [-0.1, -0.05) is 60.7 Å². The van der Waals surface area contributed by atoms with Crippen LogP contribution in [0.4, 0.5) is 5.69 Å². The molecule has 1 saturated heterocycles. The van der Waals surface area contributed by atoms with Crippen molar-refractivity contribution in [1.82, 2.24) is 10.2 Å². The number of benzene rings is 3. The molecule has 0 radical (unpaired) electrons. The van der Waals surface area contributed by atoms with Gasteiger partial charge in [0.2, 0.25) is 5.91 Å². The lowest BCUT2D eigenvalue weighted by Gasteiger charge is -2.36. The molecule has 0 bridgehead atoms. The van der Waals surface area contributed by atoms with E-state index in [9.17, 15) is 9.59 Å². The van der Waals surface area contributed by atoms with Crippen molar-refractivity contribution in [2.45, 2.75) is 6.42 Å². The minimum atomic E-state index is -0.152. The Hall–Kier alpha value is -3.60. The molecule has 3 aromatic carbocycles. The molecule has 31 heavy (non-hydrogen) atoms. The highest BCUT2D eigenvalue weighted by Crippen LogP contribution is 2.19. The van der Waals surface area contributed by atoms with Crippen molar-refractivity contribution in [3.63, 3.8) is 0 Å². The fourth-order valence-electron chi connectivity index (χ4n) is 3.84. The van der Waals surface area contributed by atoms with E-state index < -0.39 is 0 Å². The third kappa shape index (κ3) is 5.31. The van der Waals surface area contributed by atoms with Gasteiger partial charge in [-0.15, -0.1) is 0 Å². The molecule has 0 saturated carbocycles. The van der Waals surface area contributed by atoms with Gasteiger partial charge in [-0.05, 0) is 35.4 Å². The second-order valence-corrected chi connectivity index (χ2v) is 7.65. The first-order valence-corrected chi connectivity index (χ1v) is 10.7. The Bertz CT molecular complexity index is 996. The van der Waals surface area contributed by atoms with Gasteiger partial charge in [0.1, 0.15) is 0 Å². The molecule has 5 heteroatoms. The van der Waals surface area contributed by atoms with E-state index in [0.29, 0.717) is 31.6 Å². The molecule has 0 spiro atoms. The number of para-hydroxylation sites is 1. The van der Waals surface area contributed by atoms with Crippen molar-refractivity contribution in [3.05, 3.63) is 90.5 Å². The molecule has 2 amide bonds. The van der Waals surface area contributed by atoms with E-state index in [2.05, 4.69) is 22.3 Å². The van der Waals surface area contributed by atoms with E-state index in [1.54, 1.807) is 0 Å². The summed E-state index contributed by atoms with van der Waals surface area (Å²) in [5, 5.41) is 2.87. The van der Waals surface area contributed by atoms with E-state index in [-0.39, 0.29) is 11.8 Å². The second-order valence-electron chi connectivity index (χ2n) is 7.65. The van der Waals surface area contributed by atoms with Crippen LogP contribution in [0.3, 0.4) is 0 Å². The summed E-state index contributed by atoms with van der Waals surface area (Å²) in [6.07, 6.45) is 0.319. The van der Waals surface area contributed by atoms with Crippen LogP contribution in [0.1, 0.15) is 16.8 Å². The number of carbonyl (C=O) groups excluding carboxylic acids is 2. The highest BCUT2D eigenvalue weighted by atomic mass is 16.2. The van der Waals surface area contributed by atoms with E-state index in [4.69, 9.17) is 0 Å². The highest BCUT2D eigenvalue weighted by Gasteiger charge is 2.21. The van der Waals surface area contributed by atoms with Crippen LogP contribution in [0.2, 0.25) is 0 Å². The molecule has 5 nitrogen and oxygen atoms in total. The Morgan fingerprint density at radius 2 is 1.29 bits per heavy atom. The van der Waals surface area contributed by atoms with E-state index >= 15 is 0 Å². The quantitative estimate of drug-likeness (QED) is 0.668. The molecule has 1 N–H and O–H groups in total. The van der Waals surface area contributed by atoms with Crippen molar-refractivity contribution in [2.75, 3.05) is 37.6 Å². The average Bonchev–Trinajstić information content (AvgIpc) is 2.85. The Labute approximate surface area is 183 Å². The average molecular weight is 414 g/mol. The summed E-state index contributed by atoms with van der Waals surface area (Å²) in [7, 11) is 0.